The van der Waals surface area contributed by atoms with E-state index >= 15 is 0 Å². The van der Waals surface area contributed by atoms with Crippen molar-refractivity contribution in [3.05, 3.63) is 34.9 Å². The van der Waals surface area contributed by atoms with Crippen molar-refractivity contribution in [2.75, 3.05) is 13.1 Å². The standard InChI is InChI=1S/C14H21NO/c1-11-5-6-12(2)13(9-11)14(3,4)10-15-7-8-16/h5-6,8-9,15H,7,10H2,1-4H3. The van der Waals surface area contributed by atoms with E-state index in [4.69, 9.17) is 0 Å². The van der Waals surface area contributed by atoms with Crippen LogP contribution in [0, 0.1) is 13.8 Å². The van der Waals surface area contributed by atoms with Crippen molar-refractivity contribution < 1.29 is 4.79 Å². The molecule has 0 aliphatic rings. The van der Waals surface area contributed by atoms with Crippen molar-refractivity contribution in [2.24, 2.45) is 0 Å². The molecule has 1 aromatic rings. The maximum atomic E-state index is 10.3. The summed E-state index contributed by atoms with van der Waals surface area (Å²) in [5, 5.41) is 3.15. The first-order valence-electron chi connectivity index (χ1n) is 5.69. The molecule has 2 heteroatoms. The van der Waals surface area contributed by atoms with E-state index in [0.29, 0.717) is 6.54 Å². The molecule has 0 bridgehead atoms. The van der Waals surface area contributed by atoms with Crippen LogP contribution in [-0.4, -0.2) is 19.4 Å². The molecule has 0 atom stereocenters. The summed E-state index contributed by atoms with van der Waals surface area (Å²) in [6, 6.07) is 6.53. The summed E-state index contributed by atoms with van der Waals surface area (Å²) in [4.78, 5) is 10.3. The molecule has 0 aliphatic carbocycles. The zero-order valence-electron chi connectivity index (χ0n) is 10.6. The molecule has 88 valence electrons. The Labute approximate surface area is 98.1 Å². The first kappa shape index (κ1) is 12.9. The van der Waals surface area contributed by atoms with Gasteiger partial charge in [-0.25, -0.2) is 0 Å². The highest BCUT2D eigenvalue weighted by atomic mass is 16.1. The molecule has 0 aromatic heterocycles. The Kier molecular flexibility index (Phi) is 4.25. The van der Waals surface area contributed by atoms with Crippen LogP contribution in [0.4, 0.5) is 0 Å². The highest BCUT2D eigenvalue weighted by molar-refractivity contribution is 5.51. The Morgan fingerprint density at radius 2 is 2.00 bits per heavy atom. The van der Waals surface area contributed by atoms with Crippen LogP contribution in [0.2, 0.25) is 0 Å². The molecule has 16 heavy (non-hydrogen) atoms. The van der Waals surface area contributed by atoms with Gasteiger partial charge in [0, 0.05) is 12.0 Å². The Bertz CT molecular complexity index is 369. The summed E-state index contributed by atoms with van der Waals surface area (Å²) in [5.41, 5.74) is 4.00. The monoisotopic (exact) mass is 219 g/mol. The molecule has 2 nitrogen and oxygen atoms in total. The predicted octanol–water partition coefficient (Wildman–Crippen LogP) is 2.37. The van der Waals surface area contributed by atoms with Crippen LogP contribution in [-0.2, 0) is 10.2 Å². The topological polar surface area (TPSA) is 29.1 Å². The molecule has 0 aliphatic heterocycles. The first-order chi connectivity index (χ1) is 7.47. The fourth-order valence-electron chi connectivity index (χ4n) is 2.00. The third-order valence-electron chi connectivity index (χ3n) is 2.92. The van der Waals surface area contributed by atoms with E-state index < -0.39 is 0 Å². The first-order valence-corrected chi connectivity index (χ1v) is 5.69. The lowest BCUT2D eigenvalue weighted by Crippen LogP contribution is -2.34. The van der Waals surface area contributed by atoms with Crippen molar-refractivity contribution in [3.8, 4) is 0 Å². The molecule has 0 saturated heterocycles. The predicted molar refractivity (Wildman–Crippen MR) is 67.9 cm³/mol. The largest absolute Gasteiger partial charge is 0.309 e. The summed E-state index contributed by atoms with van der Waals surface area (Å²) < 4.78 is 0. The zero-order valence-corrected chi connectivity index (χ0v) is 10.6. The molecule has 1 aromatic carbocycles. The van der Waals surface area contributed by atoms with E-state index in [1.54, 1.807) is 0 Å². The number of nitrogens with one attached hydrogen (secondary N) is 1. The number of hydrogen-bond acceptors (Lipinski definition) is 2. The van der Waals surface area contributed by atoms with Crippen molar-refractivity contribution >= 4 is 6.29 Å². The van der Waals surface area contributed by atoms with E-state index in [-0.39, 0.29) is 5.41 Å². The Balaban J connectivity index is 2.87. The molecule has 0 unspecified atom stereocenters. The van der Waals surface area contributed by atoms with E-state index in [9.17, 15) is 4.79 Å². The van der Waals surface area contributed by atoms with Gasteiger partial charge in [-0.05, 0) is 25.0 Å². The Hall–Kier alpha value is -1.15. The minimum Gasteiger partial charge on any atom is -0.309 e. The third-order valence-corrected chi connectivity index (χ3v) is 2.92. The van der Waals surface area contributed by atoms with Gasteiger partial charge in [0.05, 0.1) is 6.54 Å². The fourth-order valence-corrected chi connectivity index (χ4v) is 2.00. The molecule has 0 fully saturated rings. The number of rotatable bonds is 5. The molecule has 0 radical (unpaired) electrons. The molecule has 0 saturated carbocycles. The second-order valence-corrected chi connectivity index (χ2v) is 5.00. The normalized spacial score (nSPS) is 11.5. The summed E-state index contributed by atoms with van der Waals surface area (Å²) >= 11 is 0. The molecule has 1 N–H and O–H groups in total. The SMILES string of the molecule is Cc1ccc(C)c(C(C)(C)CNCC=O)c1. The molecule has 0 heterocycles. The third kappa shape index (κ3) is 3.17. The molecule has 0 spiro atoms. The summed E-state index contributed by atoms with van der Waals surface area (Å²) in [6.45, 7) is 9.89. The average molecular weight is 219 g/mol. The molecule has 0 amide bonds. The highest BCUT2D eigenvalue weighted by Gasteiger charge is 2.21. The van der Waals surface area contributed by atoms with Crippen LogP contribution in [0.15, 0.2) is 18.2 Å². The van der Waals surface area contributed by atoms with Crippen LogP contribution >= 0.6 is 0 Å². The van der Waals surface area contributed by atoms with Gasteiger partial charge in [0.1, 0.15) is 6.29 Å². The van der Waals surface area contributed by atoms with Gasteiger partial charge in [0.2, 0.25) is 0 Å². The maximum absolute atomic E-state index is 10.3. The lowest BCUT2D eigenvalue weighted by molar-refractivity contribution is -0.107. The van der Waals surface area contributed by atoms with E-state index in [0.717, 1.165) is 12.8 Å². The molecular weight excluding hydrogens is 198 g/mol. The molecule has 1 rings (SSSR count). The van der Waals surface area contributed by atoms with Crippen molar-refractivity contribution in [3.63, 3.8) is 0 Å². The van der Waals surface area contributed by atoms with Gasteiger partial charge in [-0.15, -0.1) is 0 Å². The summed E-state index contributed by atoms with van der Waals surface area (Å²) in [6.07, 6.45) is 0.902. The lowest BCUT2D eigenvalue weighted by atomic mass is 9.81. The van der Waals surface area contributed by atoms with Crippen LogP contribution in [0.25, 0.3) is 0 Å². The van der Waals surface area contributed by atoms with Gasteiger partial charge >= 0.3 is 0 Å². The zero-order chi connectivity index (χ0) is 12.2. The van der Waals surface area contributed by atoms with Crippen molar-refractivity contribution in [2.45, 2.75) is 33.1 Å². The number of hydrogen-bond donors (Lipinski definition) is 1. The Morgan fingerprint density at radius 3 is 2.62 bits per heavy atom. The van der Waals surface area contributed by atoms with Gasteiger partial charge in [-0.2, -0.15) is 0 Å². The highest BCUT2D eigenvalue weighted by Crippen LogP contribution is 2.26. The minimum atomic E-state index is 0.0547. The maximum Gasteiger partial charge on any atom is 0.133 e. The lowest BCUT2D eigenvalue weighted by Gasteiger charge is -2.27. The quantitative estimate of drug-likeness (QED) is 0.608. The molecular formula is C14H21NO. The van der Waals surface area contributed by atoms with Crippen LogP contribution < -0.4 is 5.32 Å². The van der Waals surface area contributed by atoms with Crippen LogP contribution in [0.1, 0.15) is 30.5 Å². The summed E-state index contributed by atoms with van der Waals surface area (Å²) in [7, 11) is 0. The van der Waals surface area contributed by atoms with Crippen LogP contribution in [0.5, 0.6) is 0 Å². The number of aryl methyl sites for hydroxylation is 2. The summed E-state index contributed by atoms with van der Waals surface area (Å²) in [5.74, 6) is 0. The second-order valence-electron chi connectivity index (χ2n) is 5.00. The fraction of sp³-hybridized carbons (Fsp3) is 0.500. The van der Waals surface area contributed by atoms with Crippen molar-refractivity contribution in [1.29, 1.82) is 0 Å². The Morgan fingerprint density at radius 1 is 1.31 bits per heavy atom. The van der Waals surface area contributed by atoms with E-state index in [1.807, 2.05) is 0 Å². The van der Waals surface area contributed by atoms with E-state index in [1.165, 1.54) is 16.7 Å². The van der Waals surface area contributed by atoms with Gasteiger partial charge in [0.15, 0.2) is 0 Å². The van der Waals surface area contributed by atoms with Gasteiger partial charge in [-0.1, -0.05) is 37.6 Å². The van der Waals surface area contributed by atoms with Crippen molar-refractivity contribution in [1.82, 2.24) is 5.32 Å². The van der Waals surface area contributed by atoms with E-state index in [2.05, 4.69) is 51.2 Å². The second kappa shape index (κ2) is 5.26. The minimum absolute atomic E-state index is 0.0547. The number of aldehydes is 1. The average Bonchev–Trinajstić information content (AvgIpc) is 2.22. The van der Waals surface area contributed by atoms with Gasteiger partial charge in [-0.3, -0.25) is 0 Å². The number of benzene rings is 1. The smallest absolute Gasteiger partial charge is 0.133 e. The number of carbonyl (C=O) groups is 1. The number of carbonyl (C=O) groups excluding carboxylic acids is 1. The van der Waals surface area contributed by atoms with Gasteiger partial charge in [0.25, 0.3) is 0 Å². The van der Waals surface area contributed by atoms with Gasteiger partial charge < -0.3 is 10.1 Å². The van der Waals surface area contributed by atoms with Crippen LogP contribution in [0.3, 0.4) is 0 Å².